The van der Waals surface area contributed by atoms with Crippen molar-refractivity contribution in [1.29, 1.82) is 0 Å². The molecule has 3 atom stereocenters. The van der Waals surface area contributed by atoms with Crippen LogP contribution >= 0.6 is 11.3 Å². The minimum absolute atomic E-state index is 0.000664. The number of aryl methyl sites for hydroxylation is 1. The molecule has 1 aliphatic heterocycles. The summed E-state index contributed by atoms with van der Waals surface area (Å²) in [5.41, 5.74) is 0.597. The lowest BCUT2D eigenvalue weighted by Crippen LogP contribution is -2.38. The van der Waals surface area contributed by atoms with Crippen LogP contribution in [0.15, 0.2) is 5.38 Å². The molecule has 2 heterocycles. The van der Waals surface area contributed by atoms with Gasteiger partial charge in [0.15, 0.2) is 0 Å². The van der Waals surface area contributed by atoms with Crippen LogP contribution in [-0.2, 0) is 10.2 Å². The maximum absolute atomic E-state index is 12.0. The molecule has 0 radical (unpaired) electrons. The van der Waals surface area contributed by atoms with Crippen molar-refractivity contribution in [1.82, 2.24) is 15.6 Å². The topological polar surface area (TPSA) is 63.2 Å². The van der Waals surface area contributed by atoms with Crippen molar-refractivity contribution in [3.63, 3.8) is 0 Å². The highest BCUT2D eigenvalue weighted by atomic mass is 32.1. The molecule has 22 heavy (non-hydrogen) atoms. The zero-order valence-electron chi connectivity index (χ0n) is 13.7. The summed E-state index contributed by atoms with van der Waals surface area (Å²) >= 11 is 1.72. The Hall–Kier alpha value is -1.14. The molecule has 2 aliphatic rings. The van der Waals surface area contributed by atoms with E-state index >= 15 is 0 Å². The van der Waals surface area contributed by atoms with Crippen LogP contribution in [0, 0.1) is 18.8 Å². The average Bonchev–Trinajstić information content (AvgIpc) is 2.88. The van der Waals surface area contributed by atoms with Gasteiger partial charge in [0, 0.05) is 23.0 Å². The summed E-state index contributed by atoms with van der Waals surface area (Å²) in [4.78, 5) is 16.7. The number of nitrogens with one attached hydrogen (secondary N) is 2. The Morgan fingerprint density at radius 3 is 2.86 bits per heavy atom. The molecule has 0 unspecified atom stereocenters. The Labute approximate surface area is 135 Å². The molecular weight excluding hydrogens is 298 g/mol. The number of fused-ring (bicyclic) bond motifs is 1. The molecule has 122 valence electrons. The maximum atomic E-state index is 12.0. The number of thiazole rings is 1. The van der Waals surface area contributed by atoms with Gasteiger partial charge >= 0.3 is 6.09 Å². The number of alkyl carbamates (subject to hydrolysis) is 1. The molecule has 1 saturated heterocycles. The minimum Gasteiger partial charge on any atom is -0.444 e. The summed E-state index contributed by atoms with van der Waals surface area (Å²) in [7, 11) is 0. The fourth-order valence-corrected chi connectivity index (χ4v) is 4.78. The summed E-state index contributed by atoms with van der Waals surface area (Å²) in [6, 6.07) is 0. The predicted molar refractivity (Wildman–Crippen MR) is 87.2 cm³/mol. The average molecular weight is 323 g/mol. The van der Waals surface area contributed by atoms with Gasteiger partial charge in [-0.25, -0.2) is 9.78 Å². The smallest absolute Gasteiger partial charge is 0.407 e. The minimum atomic E-state index is -0.465. The van der Waals surface area contributed by atoms with Crippen LogP contribution in [0.2, 0.25) is 0 Å². The van der Waals surface area contributed by atoms with Gasteiger partial charge in [0.25, 0.3) is 0 Å². The van der Waals surface area contributed by atoms with Crippen molar-refractivity contribution in [2.45, 2.75) is 45.1 Å². The van der Waals surface area contributed by atoms with E-state index in [2.05, 4.69) is 16.0 Å². The summed E-state index contributed by atoms with van der Waals surface area (Å²) < 4.78 is 5.37. The highest BCUT2D eigenvalue weighted by Crippen LogP contribution is 2.62. The van der Waals surface area contributed by atoms with Crippen molar-refractivity contribution in [2.24, 2.45) is 11.8 Å². The second-order valence-corrected chi connectivity index (χ2v) is 8.25. The predicted octanol–water partition coefficient (Wildman–Crippen LogP) is 2.45. The Morgan fingerprint density at radius 2 is 2.32 bits per heavy atom. The first kappa shape index (κ1) is 15.7. The van der Waals surface area contributed by atoms with Crippen LogP contribution in [0.3, 0.4) is 0 Å². The first-order valence-corrected chi connectivity index (χ1v) is 8.81. The lowest BCUT2D eigenvalue weighted by molar-refractivity contribution is 0.0521. The van der Waals surface area contributed by atoms with Gasteiger partial charge in [-0.1, -0.05) is 0 Å². The highest BCUT2D eigenvalue weighted by Gasteiger charge is 2.67. The third-order valence-electron chi connectivity index (χ3n) is 4.64. The fraction of sp³-hybridized carbons (Fsp3) is 0.750. The number of piperidine rings is 1. The van der Waals surface area contributed by atoms with Crippen molar-refractivity contribution in [3.05, 3.63) is 16.1 Å². The highest BCUT2D eigenvalue weighted by molar-refractivity contribution is 7.09. The summed E-state index contributed by atoms with van der Waals surface area (Å²) in [5.74, 6) is 1.19. The number of rotatable bonds is 3. The summed E-state index contributed by atoms with van der Waals surface area (Å²) in [6.45, 7) is 10.4. The van der Waals surface area contributed by atoms with Crippen LogP contribution in [-0.4, -0.2) is 36.3 Å². The molecular formula is C16H25N3O2S. The van der Waals surface area contributed by atoms with Crippen LogP contribution in [0.25, 0.3) is 0 Å². The maximum Gasteiger partial charge on any atom is 0.407 e. The third-order valence-corrected chi connectivity index (χ3v) is 5.79. The van der Waals surface area contributed by atoms with E-state index in [0.717, 1.165) is 25.2 Å². The van der Waals surface area contributed by atoms with E-state index in [4.69, 9.17) is 9.72 Å². The van der Waals surface area contributed by atoms with Gasteiger partial charge in [-0.05, 0) is 59.0 Å². The lowest BCUT2D eigenvalue weighted by atomic mass is 10.0. The van der Waals surface area contributed by atoms with E-state index < -0.39 is 5.60 Å². The molecule has 1 amide bonds. The quantitative estimate of drug-likeness (QED) is 0.897. The Morgan fingerprint density at radius 1 is 1.55 bits per heavy atom. The molecule has 0 spiro atoms. The van der Waals surface area contributed by atoms with Gasteiger partial charge in [-0.2, -0.15) is 0 Å². The molecule has 1 aromatic rings. The molecule has 6 heteroatoms. The summed E-state index contributed by atoms with van der Waals surface area (Å²) in [5, 5.41) is 9.72. The first-order chi connectivity index (χ1) is 10.3. The Balaban J connectivity index is 1.73. The van der Waals surface area contributed by atoms with Gasteiger partial charge in [-0.3, -0.25) is 0 Å². The molecule has 5 nitrogen and oxygen atoms in total. The Kier molecular flexibility index (Phi) is 3.93. The van der Waals surface area contributed by atoms with E-state index in [0.29, 0.717) is 18.4 Å². The number of hydrogen-bond donors (Lipinski definition) is 2. The molecule has 1 aliphatic carbocycles. The van der Waals surface area contributed by atoms with Crippen LogP contribution in [0.4, 0.5) is 4.79 Å². The van der Waals surface area contributed by atoms with E-state index in [9.17, 15) is 4.79 Å². The summed E-state index contributed by atoms with van der Waals surface area (Å²) in [6.07, 6.45) is 0.816. The standard InChI is InChI=1S/C16H25N3O2S/c1-10-8-22-13(19-10)16(11-5-6-17-7-12(11)16)9-18-14(20)21-15(2,3)4/h8,11-12,17H,5-7,9H2,1-4H3,(H,18,20)/t11-,12+,16+/m1/s1. The van der Waals surface area contributed by atoms with Gasteiger partial charge in [0.1, 0.15) is 10.6 Å². The van der Waals surface area contributed by atoms with Crippen molar-refractivity contribution >= 4 is 17.4 Å². The zero-order valence-corrected chi connectivity index (χ0v) is 14.5. The molecule has 1 saturated carbocycles. The van der Waals surface area contributed by atoms with Crippen LogP contribution < -0.4 is 10.6 Å². The molecule has 2 fully saturated rings. The van der Waals surface area contributed by atoms with Crippen LogP contribution in [0.1, 0.15) is 37.9 Å². The molecule has 1 aromatic heterocycles. The number of aromatic nitrogens is 1. The number of nitrogens with zero attached hydrogens (tertiary/aromatic N) is 1. The third kappa shape index (κ3) is 2.86. The number of carbonyl (C=O) groups excluding carboxylic acids is 1. The molecule has 0 aromatic carbocycles. The van der Waals surface area contributed by atoms with Crippen molar-refractivity contribution in [2.75, 3.05) is 19.6 Å². The molecule has 3 rings (SSSR count). The van der Waals surface area contributed by atoms with Gasteiger partial charge in [-0.15, -0.1) is 11.3 Å². The van der Waals surface area contributed by atoms with E-state index in [1.165, 1.54) is 5.01 Å². The monoisotopic (exact) mass is 323 g/mol. The molecule has 0 bridgehead atoms. The van der Waals surface area contributed by atoms with Crippen molar-refractivity contribution < 1.29 is 9.53 Å². The second kappa shape index (κ2) is 5.49. The largest absolute Gasteiger partial charge is 0.444 e. The van der Waals surface area contributed by atoms with E-state index in [1.54, 1.807) is 11.3 Å². The molecule has 2 N–H and O–H groups in total. The second-order valence-electron chi connectivity index (χ2n) is 7.40. The van der Waals surface area contributed by atoms with Gasteiger partial charge in [0.2, 0.25) is 0 Å². The number of hydrogen-bond acceptors (Lipinski definition) is 5. The zero-order chi connectivity index (χ0) is 16.0. The van der Waals surface area contributed by atoms with Gasteiger partial charge < -0.3 is 15.4 Å². The van der Waals surface area contributed by atoms with E-state index in [1.807, 2.05) is 27.7 Å². The van der Waals surface area contributed by atoms with E-state index in [-0.39, 0.29) is 11.5 Å². The Bertz CT molecular complexity index is 552. The first-order valence-electron chi connectivity index (χ1n) is 7.93. The van der Waals surface area contributed by atoms with Gasteiger partial charge in [0.05, 0.1) is 0 Å². The lowest BCUT2D eigenvalue weighted by Gasteiger charge is -2.22. The number of carbonyl (C=O) groups is 1. The van der Waals surface area contributed by atoms with Crippen molar-refractivity contribution in [3.8, 4) is 0 Å². The fourth-order valence-electron chi connectivity index (χ4n) is 3.66. The van der Waals surface area contributed by atoms with Crippen LogP contribution in [0.5, 0.6) is 0 Å². The number of ether oxygens (including phenoxy) is 1. The number of amides is 1. The normalized spacial score (nSPS) is 30.5. The SMILES string of the molecule is Cc1csc([C@@]2(CNC(=O)OC(C)(C)C)[C@@H]3CCNC[C@@H]32)n1.